The summed E-state index contributed by atoms with van der Waals surface area (Å²) in [6.07, 6.45) is -5.58. The van der Waals surface area contributed by atoms with E-state index >= 15 is 0 Å². The lowest BCUT2D eigenvalue weighted by atomic mass is 10.1. The fourth-order valence-electron chi connectivity index (χ4n) is 4.18. The Bertz CT molecular complexity index is 1810. The molecule has 27 heteroatoms. The Hall–Kier alpha value is -3.44. The van der Waals surface area contributed by atoms with Gasteiger partial charge >= 0.3 is 29.7 Å². The maximum atomic E-state index is 12.5. The van der Waals surface area contributed by atoms with Crippen LogP contribution in [0.5, 0.6) is 0 Å². The van der Waals surface area contributed by atoms with Crippen molar-refractivity contribution in [1.82, 2.24) is 19.5 Å². The monoisotopic (exact) mass is 742 g/mol. The third-order valence-corrected chi connectivity index (χ3v) is 9.35. The highest BCUT2D eigenvalue weighted by Gasteiger charge is 2.50. The van der Waals surface area contributed by atoms with Gasteiger partial charge in [0.15, 0.2) is 36.4 Å². The van der Waals surface area contributed by atoms with Crippen molar-refractivity contribution in [3.05, 3.63) is 42.7 Å². The van der Waals surface area contributed by atoms with Crippen LogP contribution in [0.25, 0.3) is 11.2 Å². The predicted octanol–water partition coefficient (Wildman–Crippen LogP) is -2.24. The number of primary amides is 1. The molecule has 0 aliphatic carbocycles. The van der Waals surface area contributed by atoms with Gasteiger partial charge in [0.1, 0.15) is 41.8 Å². The highest BCUT2D eigenvalue weighted by molar-refractivity contribution is 7.61. The van der Waals surface area contributed by atoms with E-state index in [2.05, 4.69) is 32.8 Å². The normalized spacial score (nSPS) is 23.6. The average molecular weight is 742 g/mol. The number of ether oxygens (including phenoxy) is 2. The molecule has 1 saturated heterocycles. The zero-order valence-corrected chi connectivity index (χ0v) is 26.5. The first-order valence-electron chi connectivity index (χ1n) is 13.0. The van der Waals surface area contributed by atoms with Crippen molar-refractivity contribution >= 4 is 58.9 Å². The number of nitrogens with two attached hydrogens (primary N) is 2. The summed E-state index contributed by atoms with van der Waals surface area (Å²) in [6, 6.07) is 2.67. The molecular formula is C21H27N7O17P3+. The van der Waals surface area contributed by atoms with Gasteiger partial charge in [-0.05, 0) is 6.07 Å². The molecule has 8 atom stereocenters. The van der Waals surface area contributed by atoms with E-state index in [1.165, 1.54) is 18.3 Å². The van der Waals surface area contributed by atoms with E-state index in [-0.39, 0.29) is 35.1 Å². The van der Waals surface area contributed by atoms with E-state index < -0.39 is 79.5 Å². The standard InChI is InChI=1S/C21H26N7O17P3/c22-18-15-20(25-9-24-18)28(10-26-15)21-17(44-46(33,34)35)16(31)13(43-21)8-41-48(38,39)45-47(36,37)40-7-12(5-29)42-14(6-30)27-3-1-2-11(4-27)19(23)32/h1-6,9-10,12-14,16-17,21,31H,7-8H2,(H7-,22,23,24,25,32,33,34,35,36,37,38,39)/p+1/t12?,13-,14?,16-,17-,21-/m1/s1. The molecule has 4 heterocycles. The Balaban J connectivity index is 1.39. The molecule has 48 heavy (non-hydrogen) atoms. The number of anilines is 1. The first-order chi connectivity index (χ1) is 22.4. The Morgan fingerprint density at radius 2 is 1.81 bits per heavy atom. The van der Waals surface area contributed by atoms with Gasteiger partial charge in [-0.3, -0.25) is 27.7 Å². The number of aliphatic hydroxyl groups excluding tert-OH is 1. The van der Waals surface area contributed by atoms with Crippen molar-refractivity contribution in [3.63, 3.8) is 0 Å². The second-order valence-corrected chi connectivity index (χ2v) is 13.8. The molecule has 4 rings (SSSR count). The first kappa shape index (κ1) is 37.4. The number of imidazole rings is 1. The summed E-state index contributed by atoms with van der Waals surface area (Å²) >= 11 is 0. The number of hydrogen-bond donors (Lipinski definition) is 7. The maximum Gasteiger partial charge on any atom is 0.481 e. The smallest absolute Gasteiger partial charge is 0.387 e. The molecule has 9 N–H and O–H groups in total. The largest absolute Gasteiger partial charge is 0.481 e. The number of phosphoric acid groups is 3. The number of rotatable bonds is 17. The molecule has 1 aliphatic heterocycles. The van der Waals surface area contributed by atoms with Gasteiger partial charge in [0, 0.05) is 6.07 Å². The number of aldehydes is 2. The highest BCUT2D eigenvalue weighted by atomic mass is 31.3. The Morgan fingerprint density at radius 1 is 1.10 bits per heavy atom. The summed E-state index contributed by atoms with van der Waals surface area (Å²) in [5.74, 6) is -0.906. The average Bonchev–Trinajstić information content (AvgIpc) is 3.56. The number of aliphatic hydroxyl groups is 1. The number of carbonyl (C=O) groups is 3. The van der Waals surface area contributed by atoms with Gasteiger partial charge in [0.25, 0.3) is 5.91 Å². The molecule has 3 aromatic rings. The molecule has 0 saturated carbocycles. The van der Waals surface area contributed by atoms with Crippen LogP contribution in [0.4, 0.5) is 5.82 Å². The Kier molecular flexibility index (Phi) is 11.7. The fraction of sp³-hybridized carbons (Fsp3) is 0.381. The van der Waals surface area contributed by atoms with Crippen LogP contribution in [-0.2, 0) is 50.6 Å². The van der Waals surface area contributed by atoms with Gasteiger partial charge in [0.05, 0.1) is 19.5 Å². The molecule has 1 aliphatic rings. The lowest BCUT2D eigenvalue weighted by Gasteiger charge is -2.22. The van der Waals surface area contributed by atoms with E-state index in [0.29, 0.717) is 0 Å². The molecule has 0 radical (unpaired) electrons. The van der Waals surface area contributed by atoms with E-state index in [4.69, 9.17) is 20.9 Å². The van der Waals surface area contributed by atoms with Crippen molar-refractivity contribution in [3.8, 4) is 0 Å². The number of amides is 1. The Morgan fingerprint density at radius 3 is 2.46 bits per heavy atom. The van der Waals surface area contributed by atoms with Crippen LogP contribution in [0.15, 0.2) is 37.2 Å². The van der Waals surface area contributed by atoms with E-state index in [0.717, 1.165) is 28.0 Å². The van der Waals surface area contributed by atoms with Crippen molar-refractivity contribution in [2.45, 2.75) is 36.9 Å². The summed E-state index contributed by atoms with van der Waals surface area (Å²) in [6.45, 7) is -2.20. The van der Waals surface area contributed by atoms with E-state index in [1.54, 1.807) is 0 Å². The quantitative estimate of drug-likeness (QED) is 0.0437. The van der Waals surface area contributed by atoms with Gasteiger partial charge in [-0.25, -0.2) is 28.6 Å². The van der Waals surface area contributed by atoms with Gasteiger partial charge in [-0.1, -0.05) is 0 Å². The van der Waals surface area contributed by atoms with Gasteiger partial charge in [-0.15, -0.1) is 0 Å². The van der Waals surface area contributed by atoms with E-state index in [9.17, 15) is 52.8 Å². The van der Waals surface area contributed by atoms with Crippen LogP contribution in [0.2, 0.25) is 0 Å². The minimum absolute atomic E-state index is 0.00930. The number of fused-ring (bicyclic) bond motifs is 1. The van der Waals surface area contributed by atoms with E-state index in [1.807, 2.05) is 0 Å². The van der Waals surface area contributed by atoms with Gasteiger partial charge in [0.2, 0.25) is 6.29 Å². The molecule has 0 bridgehead atoms. The highest BCUT2D eigenvalue weighted by Crippen LogP contribution is 2.60. The van der Waals surface area contributed by atoms with Crippen LogP contribution in [0.3, 0.4) is 0 Å². The molecular weight excluding hydrogens is 715 g/mol. The molecule has 0 spiro atoms. The summed E-state index contributed by atoms with van der Waals surface area (Å²) in [5.41, 5.74) is 11.0. The molecule has 1 amide bonds. The number of phosphoric ester groups is 3. The van der Waals surface area contributed by atoms with Crippen LogP contribution in [0.1, 0.15) is 22.8 Å². The molecule has 24 nitrogen and oxygen atoms in total. The summed E-state index contributed by atoms with van der Waals surface area (Å²) in [4.78, 5) is 84.9. The molecule has 1 fully saturated rings. The van der Waals surface area contributed by atoms with Crippen LogP contribution in [-0.4, -0.2) is 100 Å². The third kappa shape index (κ3) is 9.37. The first-order valence-corrected chi connectivity index (χ1v) is 17.5. The van der Waals surface area contributed by atoms with Crippen molar-refractivity contribution in [2.75, 3.05) is 18.9 Å². The lowest BCUT2D eigenvalue weighted by Crippen LogP contribution is -2.45. The number of carbonyl (C=O) groups excluding carboxylic acids is 3. The zero-order chi connectivity index (χ0) is 35.4. The minimum Gasteiger partial charge on any atom is -0.387 e. The number of nitrogens with zero attached hydrogens (tertiary/aromatic N) is 5. The summed E-state index contributed by atoms with van der Waals surface area (Å²) < 4.78 is 67.5. The number of nitrogen functional groups attached to an aromatic ring is 1. The molecule has 4 unspecified atom stereocenters. The summed E-state index contributed by atoms with van der Waals surface area (Å²) in [5, 5.41) is 10.7. The third-order valence-electron chi connectivity index (χ3n) is 6.23. The Labute approximate surface area is 267 Å². The fourth-order valence-corrected chi connectivity index (χ4v) is 6.82. The van der Waals surface area contributed by atoms with Crippen LogP contribution < -0.4 is 16.0 Å². The topological polar surface area (TPSA) is 358 Å². The lowest BCUT2D eigenvalue weighted by molar-refractivity contribution is -0.746. The molecule has 262 valence electrons. The van der Waals surface area contributed by atoms with Crippen LogP contribution >= 0.6 is 23.5 Å². The summed E-state index contributed by atoms with van der Waals surface area (Å²) in [7, 11) is -16.4. The van der Waals surface area contributed by atoms with Crippen LogP contribution in [0, 0.1) is 0 Å². The number of hydrogen-bond acceptors (Lipinski definition) is 17. The maximum absolute atomic E-state index is 12.5. The molecule has 0 aromatic carbocycles. The minimum atomic E-state index is -5.56. The van der Waals surface area contributed by atoms with Gasteiger partial charge < -0.3 is 50.4 Å². The number of pyridine rings is 1. The predicted molar refractivity (Wildman–Crippen MR) is 150 cm³/mol. The van der Waals surface area contributed by atoms with Crippen molar-refractivity contribution in [2.24, 2.45) is 5.73 Å². The van der Waals surface area contributed by atoms with Gasteiger partial charge in [-0.2, -0.15) is 8.88 Å². The number of aromatic nitrogens is 5. The zero-order valence-electron chi connectivity index (χ0n) is 23.9. The molecule has 3 aromatic heterocycles. The second-order valence-electron chi connectivity index (χ2n) is 9.55. The second kappa shape index (κ2) is 15.0. The van der Waals surface area contributed by atoms with Crippen molar-refractivity contribution < 1.29 is 84.7 Å². The SMILES string of the molecule is NC(=O)c1ccc[n+](C(C=O)OC(C=O)COP(=O)(O)OP(=O)(O)OC[C@H]2O[C@@H](n3cnc4c(N)ncnc43)[C@H](OP(=O)(O)O)[C@@H]2O)c1. The van der Waals surface area contributed by atoms with Crippen molar-refractivity contribution in [1.29, 1.82) is 0 Å².